The van der Waals surface area contributed by atoms with Crippen LogP contribution in [-0.2, 0) is 12.8 Å². The number of aryl methyl sites for hydroxylation is 2. The molecular formula is C29H33F. The highest BCUT2D eigenvalue weighted by Gasteiger charge is 2.07. The average molecular weight is 401 g/mol. The highest BCUT2D eigenvalue weighted by atomic mass is 19.1. The van der Waals surface area contributed by atoms with Gasteiger partial charge in [0.25, 0.3) is 0 Å². The lowest BCUT2D eigenvalue weighted by Crippen LogP contribution is -1.93. The van der Waals surface area contributed by atoms with Crippen LogP contribution in [0.15, 0.2) is 54.6 Å². The van der Waals surface area contributed by atoms with E-state index in [9.17, 15) is 4.39 Å². The van der Waals surface area contributed by atoms with Crippen molar-refractivity contribution in [3.05, 3.63) is 82.7 Å². The van der Waals surface area contributed by atoms with Crippen LogP contribution in [-0.4, -0.2) is 0 Å². The Morgan fingerprint density at radius 3 is 2.10 bits per heavy atom. The van der Waals surface area contributed by atoms with Gasteiger partial charge in [0.2, 0.25) is 0 Å². The molecule has 3 aromatic carbocycles. The van der Waals surface area contributed by atoms with Gasteiger partial charge in [0.1, 0.15) is 5.82 Å². The third-order valence-electron chi connectivity index (χ3n) is 5.71. The van der Waals surface area contributed by atoms with E-state index in [4.69, 9.17) is 0 Å². The Labute approximate surface area is 181 Å². The molecule has 0 N–H and O–H groups in total. The second kappa shape index (κ2) is 11.6. The number of unbranched alkanes of at least 4 members (excludes halogenated alkanes) is 5. The first-order valence-electron chi connectivity index (χ1n) is 11.5. The fourth-order valence-corrected chi connectivity index (χ4v) is 3.83. The van der Waals surface area contributed by atoms with Gasteiger partial charge in [-0.3, -0.25) is 0 Å². The quantitative estimate of drug-likeness (QED) is 0.251. The van der Waals surface area contributed by atoms with Crippen LogP contribution in [0.5, 0.6) is 0 Å². The van der Waals surface area contributed by atoms with Crippen LogP contribution in [0, 0.1) is 17.7 Å². The number of fused-ring (bicyclic) bond motifs is 1. The third-order valence-corrected chi connectivity index (χ3v) is 5.71. The van der Waals surface area contributed by atoms with Crippen LogP contribution in [0.2, 0.25) is 0 Å². The smallest absolute Gasteiger partial charge is 0.134 e. The van der Waals surface area contributed by atoms with Gasteiger partial charge in [0.15, 0.2) is 0 Å². The first-order chi connectivity index (χ1) is 14.7. The summed E-state index contributed by atoms with van der Waals surface area (Å²) in [5.74, 6) is 6.41. The van der Waals surface area contributed by atoms with Crippen molar-refractivity contribution in [2.75, 3.05) is 0 Å². The molecular weight excluding hydrogens is 367 g/mol. The van der Waals surface area contributed by atoms with E-state index < -0.39 is 0 Å². The molecule has 0 saturated heterocycles. The Morgan fingerprint density at radius 1 is 0.667 bits per heavy atom. The Morgan fingerprint density at radius 2 is 1.33 bits per heavy atom. The molecule has 0 bridgehead atoms. The van der Waals surface area contributed by atoms with E-state index >= 15 is 0 Å². The van der Waals surface area contributed by atoms with E-state index in [1.54, 1.807) is 0 Å². The molecule has 0 aromatic heterocycles. The normalized spacial score (nSPS) is 10.8. The third kappa shape index (κ3) is 6.20. The Kier molecular flexibility index (Phi) is 8.52. The van der Waals surface area contributed by atoms with E-state index in [2.05, 4.69) is 50.0 Å². The van der Waals surface area contributed by atoms with Crippen LogP contribution in [0.4, 0.5) is 4.39 Å². The number of hydrogen-bond donors (Lipinski definition) is 0. The summed E-state index contributed by atoms with van der Waals surface area (Å²) in [7, 11) is 0. The lowest BCUT2D eigenvalue weighted by molar-refractivity contribution is 0.609. The van der Waals surface area contributed by atoms with Gasteiger partial charge in [-0.25, -0.2) is 4.39 Å². The van der Waals surface area contributed by atoms with Gasteiger partial charge in [0, 0.05) is 16.5 Å². The number of halogens is 1. The lowest BCUT2D eigenvalue weighted by Gasteiger charge is -2.07. The van der Waals surface area contributed by atoms with Crippen molar-refractivity contribution in [2.45, 2.75) is 71.6 Å². The van der Waals surface area contributed by atoms with Crippen molar-refractivity contribution in [2.24, 2.45) is 0 Å². The summed E-state index contributed by atoms with van der Waals surface area (Å²) in [5.41, 5.74) is 4.14. The summed E-state index contributed by atoms with van der Waals surface area (Å²) in [6.45, 7) is 4.41. The zero-order valence-corrected chi connectivity index (χ0v) is 18.4. The van der Waals surface area contributed by atoms with E-state index in [-0.39, 0.29) is 5.82 Å². The van der Waals surface area contributed by atoms with Gasteiger partial charge >= 0.3 is 0 Å². The van der Waals surface area contributed by atoms with E-state index in [1.807, 2.05) is 30.3 Å². The van der Waals surface area contributed by atoms with Crippen LogP contribution >= 0.6 is 0 Å². The molecule has 0 aliphatic rings. The summed E-state index contributed by atoms with van der Waals surface area (Å²) in [6.07, 6.45) is 10.4. The highest BCUT2D eigenvalue weighted by molar-refractivity contribution is 5.85. The van der Waals surface area contributed by atoms with Gasteiger partial charge < -0.3 is 0 Å². The SMILES string of the molecule is CCCCCCc1ccc(C#Cc2ccc3c(F)c(CCCCC)ccc3c2)cc1. The largest absolute Gasteiger partial charge is 0.206 e. The summed E-state index contributed by atoms with van der Waals surface area (Å²) in [6, 6.07) is 18.3. The van der Waals surface area contributed by atoms with E-state index in [0.717, 1.165) is 54.2 Å². The van der Waals surface area contributed by atoms with Gasteiger partial charge in [-0.2, -0.15) is 0 Å². The van der Waals surface area contributed by atoms with Gasteiger partial charge in [0.05, 0.1) is 0 Å². The average Bonchev–Trinajstić information content (AvgIpc) is 2.78. The summed E-state index contributed by atoms with van der Waals surface area (Å²) in [5, 5.41) is 1.61. The minimum Gasteiger partial charge on any atom is -0.206 e. The van der Waals surface area contributed by atoms with Crippen LogP contribution in [0.1, 0.15) is 81.0 Å². The Balaban J connectivity index is 1.68. The molecule has 0 fully saturated rings. The number of hydrogen-bond acceptors (Lipinski definition) is 0. The summed E-state index contributed by atoms with van der Waals surface area (Å²) < 4.78 is 14.8. The number of rotatable bonds is 9. The topological polar surface area (TPSA) is 0 Å². The highest BCUT2D eigenvalue weighted by Crippen LogP contribution is 2.23. The Hall–Kier alpha value is -2.59. The first-order valence-corrected chi connectivity index (χ1v) is 11.5. The fraction of sp³-hybridized carbons (Fsp3) is 0.379. The summed E-state index contributed by atoms with van der Waals surface area (Å²) in [4.78, 5) is 0. The van der Waals surface area contributed by atoms with E-state index in [0.29, 0.717) is 5.39 Å². The van der Waals surface area contributed by atoms with Crippen molar-refractivity contribution in [3.63, 3.8) is 0 Å². The standard InChI is InChI=1S/C29H33F/c1-3-5-7-9-10-23-12-14-24(15-13-23)16-17-25-18-21-28-27(22-25)20-19-26(29(28)30)11-8-6-4-2/h12-15,18-22H,3-11H2,1-2H3. The second-order valence-corrected chi connectivity index (χ2v) is 8.19. The zero-order chi connectivity index (χ0) is 21.2. The molecule has 0 radical (unpaired) electrons. The minimum atomic E-state index is -0.0716. The van der Waals surface area contributed by atoms with Gasteiger partial charge in [-0.15, -0.1) is 0 Å². The molecule has 3 aromatic rings. The molecule has 156 valence electrons. The molecule has 0 atom stereocenters. The van der Waals surface area contributed by atoms with Crippen LogP contribution < -0.4 is 0 Å². The second-order valence-electron chi connectivity index (χ2n) is 8.19. The molecule has 0 spiro atoms. The maximum atomic E-state index is 14.8. The first kappa shape index (κ1) is 22.1. The molecule has 0 amide bonds. The maximum Gasteiger partial charge on any atom is 0.134 e. The molecule has 0 heterocycles. The lowest BCUT2D eigenvalue weighted by atomic mass is 10.00. The van der Waals surface area contributed by atoms with Gasteiger partial charge in [-0.05, 0) is 66.5 Å². The molecule has 0 aliphatic heterocycles. The molecule has 3 rings (SSSR count). The van der Waals surface area contributed by atoms with Crippen LogP contribution in [0.3, 0.4) is 0 Å². The van der Waals surface area contributed by atoms with Crippen molar-refractivity contribution >= 4 is 10.8 Å². The number of benzene rings is 3. The predicted octanol–water partition coefficient (Wildman–Crippen LogP) is 8.23. The van der Waals surface area contributed by atoms with Crippen molar-refractivity contribution in [3.8, 4) is 11.8 Å². The van der Waals surface area contributed by atoms with Crippen molar-refractivity contribution in [1.82, 2.24) is 0 Å². The molecule has 0 nitrogen and oxygen atoms in total. The maximum absolute atomic E-state index is 14.8. The molecule has 0 aliphatic carbocycles. The fourth-order valence-electron chi connectivity index (χ4n) is 3.83. The molecule has 1 heteroatoms. The summed E-state index contributed by atoms with van der Waals surface area (Å²) >= 11 is 0. The minimum absolute atomic E-state index is 0.0716. The molecule has 30 heavy (non-hydrogen) atoms. The van der Waals surface area contributed by atoms with E-state index in [1.165, 1.54) is 31.2 Å². The van der Waals surface area contributed by atoms with Gasteiger partial charge in [-0.1, -0.05) is 88.1 Å². The van der Waals surface area contributed by atoms with Crippen molar-refractivity contribution in [1.29, 1.82) is 0 Å². The van der Waals surface area contributed by atoms with Crippen molar-refractivity contribution < 1.29 is 4.39 Å². The molecule has 0 unspecified atom stereocenters. The predicted molar refractivity (Wildman–Crippen MR) is 127 cm³/mol. The van der Waals surface area contributed by atoms with Crippen LogP contribution in [0.25, 0.3) is 10.8 Å². The zero-order valence-electron chi connectivity index (χ0n) is 18.4. The molecule has 0 saturated carbocycles. The Bertz CT molecular complexity index is 1000. The monoisotopic (exact) mass is 400 g/mol.